The predicted molar refractivity (Wildman–Crippen MR) is 86.8 cm³/mol. The van der Waals surface area contributed by atoms with Gasteiger partial charge in [0.05, 0.1) is 0 Å². The molecule has 1 heterocycles. The van der Waals surface area contributed by atoms with Crippen LogP contribution in [0.4, 0.5) is 5.69 Å². The standard InChI is InChI=1S/C18H18N2O/c1-13-11-15-12-16(9-10-17(15)19(13)2)20(3)18(21)14-7-5-4-6-8-14/h4-12H,1-3H3. The number of rotatable bonds is 2. The fraction of sp³-hybridized carbons (Fsp3) is 0.167. The molecule has 0 aliphatic carbocycles. The van der Waals surface area contributed by atoms with E-state index in [9.17, 15) is 4.79 Å². The van der Waals surface area contributed by atoms with Crippen LogP contribution in [0.15, 0.2) is 54.6 Å². The first-order valence-corrected chi connectivity index (χ1v) is 6.97. The van der Waals surface area contributed by atoms with Crippen molar-refractivity contribution in [2.75, 3.05) is 11.9 Å². The van der Waals surface area contributed by atoms with Gasteiger partial charge in [0.15, 0.2) is 0 Å². The number of carbonyl (C=O) groups is 1. The highest BCUT2D eigenvalue weighted by atomic mass is 16.2. The molecule has 0 radical (unpaired) electrons. The Kier molecular flexibility index (Phi) is 3.26. The number of aromatic nitrogens is 1. The van der Waals surface area contributed by atoms with E-state index in [1.807, 2.05) is 43.4 Å². The molecule has 3 rings (SSSR count). The monoisotopic (exact) mass is 278 g/mol. The molecule has 106 valence electrons. The second kappa shape index (κ2) is 5.09. The third-order valence-electron chi connectivity index (χ3n) is 3.98. The first-order chi connectivity index (χ1) is 10.1. The third kappa shape index (κ3) is 2.31. The van der Waals surface area contributed by atoms with Crippen molar-refractivity contribution in [2.24, 2.45) is 7.05 Å². The van der Waals surface area contributed by atoms with Gasteiger partial charge in [-0.2, -0.15) is 0 Å². The van der Waals surface area contributed by atoms with Crippen LogP contribution in [-0.2, 0) is 7.05 Å². The molecule has 0 N–H and O–H groups in total. The van der Waals surface area contributed by atoms with Crippen molar-refractivity contribution in [1.82, 2.24) is 4.57 Å². The predicted octanol–water partition coefficient (Wildman–Crippen LogP) is 3.76. The van der Waals surface area contributed by atoms with Crippen molar-refractivity contribution in [2.45, 2.75) is 6.92 Å². The van der Waals surface area contributed by atoms with E-state index in [0.717, 1.165) is 11.1 Å². The zero-order chi connectivity index (χ0) is 15.0. The number of hydrogen-bond donors (Lipinski definition) is 0. The van der Waals surface area contributed by atoms with Gasteiger partial charge >= 0.3 is 0 Å². The van der Waals surface area contributed by atoms with E-state index in [-0.39, 0.29) is 5.91 Å². The van der Waals surface area contributed by atoms with Crippen LogP contribution in [-0.4, -0.2) is 17.5 Å². The van der Waals surface area contributed by atoms with E-state index in [1.54, 1.807) is 4.90 Å². The Hall–Kier alpha value is -2.55. The molecular formula is C18H18N2O. The van der Waals surface area contributed by atoms with Gasteiger partial charge in [-0.05, 0) is 43.3 Å². The molecule has 3 heteroatoms. The van der Waals surface area contributed by atoms with Gasteiger partial charge in [0.1, 0.15) is 0 Å². The summed E-state index contributed by atoms with van der Waals surface area (Å²) in [6, 6.07) is 17.6. The van der Waals surface area contributed by atoms with Crippen molar-refractivity contribution in [3.8, 4) is 0 Å². The van der Waals surface area contributed by atoms with Crippen LogP contribution >= 0.6 is 0 Å². The topological polar surface area (TPSA) is 25.2 Å². The summed E-state index contributed by atoms with van der Waals surface area (Å²) in [7, 11) is 3.86. The normalized spacial score (nSPS) is 10.8. The average Bonchev–Trinajstić information content (AvgIpc) is 2.81. The minimum Gasteiger partial charge on any atom is -0.348 e. The van der Waals surface area contributed by atoms with Gasteiger partial charge in [-0.15, -0.1) is 0 Å². The van der Waals surface area contributed by atoms with E-state index in [4.69, 9.17) is 0 Å². The Morgan fingerprint density at radius 2 is 1.76 bits per heavy atom. The Morgan fingerprint density at radius 3 is 2.48 bits per heavy atom. The van der Waals surface area contributed by atoms with E-state index in [1.165, 1.54) is 11.2 Å². The summed E-state index contributed by atoms with van der Waals surface area (Å²) in [5.41, 5.74) is 3.99. The van der Waals surface area contributed by atoms with Crippen LogP contribution in [0.5, 0.6) is 0 Å². The van der Waals surface area contributed by atoms with Gasteiger partial charge in [-0.3, -0.25) is 4.79 Å². The minimum absolute atomic E-state index is 0.00241. The number of carbonyl (C=O) groups excluding carboxylic acids is 1. The van der Waals surface area contributed by atoms with E-state index >= 15 is 0 Å². The van der Waals surface area contributed by atoms with Crippen molar-refractivity contribution < 1.29 is 4.79 Å². The number of fused-ring (bicyclic) bond motifs is 1. The Balaban J connectivity index is 1.98. The number of nitrogens with zero attached hydrogens (tertiary/aromatic N) is 2. The van der Waals surface area contributed by atoms with Crippen molar-refractivity contribution >= 4 is 22.5 Å². The summed E-state index contributed by atoms with van der Waals surface area (Å²) in [5, 5.41) is 1.15. The molecule has 0 aliphatic rings. The lowest BCUT2D eigenvalue weighted by Gasteiger charge is -2.17. The average molecular weight is 278 g/mol. The second-order valence-corrected chi connectivity index (χ2v) is 5.32. The minimum atomic E-state index is 0.00241. The third-order valence-corrected chi connectivity index (χ3v) is 3.98. The summed E-state index contributed by atoms with van der Waals surface area (Å²) in [5.74, 6) is 0.00241. The fourth-order valence-corrected chi connectivity index (χ4v) is 2.58. The van der Waals surface area contributed by atoms with Gasteiger partial charge < -0.3 is 9.47 Å². The molecule has 3 nitrogen and oxygen atoms in total. The highest BCUT2D eigenvalue weighted by Crippen LogP contribution is 2.24. The highest BCUT2D eigenvalue weighted by Gasteiger charge is 2.14. The molecule has 0 fully saturated rings. The van der Waals surface area contributed by atoms with Crippen LogP contribution in [0.2, 0.25) is 0 Å². The van der Waals surface area contributed by atoms with Gasteiger partial charge in [-0.25, -0.2) is 0 Å². The quantitative estimate of drug-likeness (QED) is 0.700. The van der Waals surface area contributed by atoms with E-state index in [0.29, 0.717) is 5.56 Å². The van der Waals surface area contributed by atoms with Gasteiger partial charge in [0, 0.05) is 41.9 Å². The highest BCUT2D eigenvalue weighted by molar-refractivity contribution is 6.06. The largest absolute Gasteiger partial charge is 0.348 e. The first kappa shape index (κ1) is 13.4. The molecule has 2 aromatic carbocycles. The molecule has 0 spiro atoms. The second-order valence-electron chi connectivity index (χ2n) is 5.32. The van der Waals surface area contributed by atoms with Gasteiger partial charge in [-0.1, -0.05) is 18.2 Å². The lowest BCUT2D eigenvalue weighted by Crippen LogP contribution is -2.26. The summed E-state index contributed by atoms with van der Waals surface area (Å²) in [6.07, 6.45) is 0. The molecule has 1 aromatic heterocycles. The van der Waals surface area contributed by atoms with Gasteiger partial charge in [0.25, 0.3) is 5.91 Å². The first-order valence-electron chi connectivity index (χ1n) is 6.97. The molecule has 0 aliphatic heterocycles. The Bertz CT molecular complexity index is 803. The summed E-state index contributed by atoms with van der Waals surface area (Å²) in [4.78, 5) is 14.2. The van der Waals surface area contributed by atoms with Crippen LogP contribution in [0.3, 0.4) is 0 Å². The van der Waals surface area contributed by atoms with Crippen LogP contribution in [0, 0.1) is 6.92 Å². The number of hydrogen-bond acceptors (Lipinski definition) is 1. The zero-order valence-electron chi connectivity index (χ0n) is 12.5. The SMILES string of the molecule is Cc1cc2cc(N(C)C(=O)c3ccccc3)ccc2n1C. The maximum atomic E-state index is 12.5. The Labute approximate surface area is 124 Å². The number of amides is 1. The van der Waals surface area contributed by atoms with E-state index in [2.05, 4.69) is 36.7 Å². The molecule has 1 amide bonds. The fourth-order valence-electron chi connectivity index (χ4n) is 2.58. The number of aryl methyl sites for hydroxylation is 2. The lowest BCUT2D eigenvalue weighted by atomic mass is 10.1. The molecule has 3 aromatic rings. The van der Waals surface area contributed by atoms with Gasteiger partial charge in [0.2, 0.25) is 0 Å². The van der Waals surface area contributed by atoms with Crippen LogP contribution < -0.4 is 4.90 Å². The summed E-state index contributed by atoms with van der Waals surface area (Å²) >= 11 is 0. The molecule has 0 unspecified atom stereocenters. The van der Waals surface area contributed by atoms with Crippen LogP contribution in [0.1, 0.15) is 16.1 Å². The molecular weight excluding hydrogens is 260 g/mol. The van der Waals surface area contributed by atoms with Crippen molar-refractivity contribution in [1.29, 1.82) is 0 Å². The maximum absolute atomic E-state index is 12.5. The summed E-state index contributed by atoms with van der Waals surface area (Å²) < 4.78 is 2.15. The Morgan fingerprint density at radius 1 is 1.05 bits per heavy atom. The molecule has 21 heavy (non-hydrogen) atoms. The molecule has 0 saturated carbocycles. The molecule has 0 saturated heterocycles. The molecule has 0 bridgehead atoms. The zero-order valence-corrected chi connectivity index (χ0v) is 12.5. The van der Waals surface area contributed by atoms with Crippen molar-refractivity contribution in [3.63, 3.8) is 0 Å². The summed E-state index contributed by atoms with van der Waals surface area (Å²) in [6.45, 7) is 2.08. The van der Waals surface area contributed by atoms with Crippen molar-refractivity contribution in [3.05, 3.63) is 65.9 Å². The van der Waals surface area contributed by atoms with Crippen LogP contribution in [0.25, 0.3) is 10.9 Å². The maximum Gasteiger partial charge on any atom is 0.258 e. The number of benzene rings is 2. The lowest BCUT2D eigenvalue weighted by molar-refractivity contribution is 0.0993. The number of anilines is 1. The molecule has 0 atom stereocenters. The van der Waals surface area contributed by atoms with E-state index < -0.39 is 0 Å². The smallest absolute Gasteiger partial charge is 0.258 e.